The number of piperazine rings is 1. The fraction of sp³-hybridized carbons (Fsp3) is 0.500. The van der Waals surface area contributed by atoms with Crippen LogP contribution in [0.3, 0.4) is 0 Å². The Hall–Kier alpha value is -1.57. The van der Waals surface area contributed by atoms with Gasteiger partial charge < -0.3 is 10.6 Å². The molecule has 1 saturated heterocycles. The zero-order valence-corrected chi connectivity index (χ0v) is 11.0. The smallest absolute Gasteiger partial charge is 0.0992 e. The van der Waals surface area contributed by atoms with E-state index >= 15 is 0 Å². The van der Waals surface area contributed by atoms with E-state index in [4.69, 9.17) is 11.0 Å². The highest BCUT2D eigenvalue weighted by Crippen LogP contribution is 2.23. The summed E-state index contributed by atoms with van der Waals surface area (Å²) in [4.78, 5) is 4.66. The number of likely N-dealkylation sites (N-methyl/N-ethyl adjacent to an activating group) is 1. The molecule has 2 atom stereocenters. The van der Waals surface area contributed by atoms with Crippen molar-refractivity contribution in [3.05, 3.63) is 29.8 Å². The largest absolute Gasteiger partial charge is 0.366 e. The van der Waals surface area contributed by atoms with Crippen LogP contribution >= 0.6 is 0 Å². The molecule has 1 fully saturated rings. The zero-order chi connectivity index (χ0) is 13.1. The van der Waals surface area contributed by atoms with Gasteiger partial charge in [-0.3, -0.25) is 4.90 Å². The normalized spacial score (nSPS) is 24.9. The van der Waals surface area contributed by atoms with Crippen LogP contribution in [0.5, 0.6) is 0 Å². The summed E-state index contributed by atoms with van der Waals surface area (Å²) in [6.07, 6.45) is 0. The summed E-state index contributed by atoms with van der Waals surface area (Å²) in [7, 11) is 2.12. The van der Waals surface area contributed by atoms with Gasteiger partial charge in [0.2, 0.25) is 0 Å². The van der Waals surface area contributed by atoms with Gasteiger partial charge in [-0.05, 0) is 32.2 Å². The Morgan fingerprint density at radius 1 is 1.44 bits per heavy atom. The number of anilines is 1. The zero-order valence-electron chi connectivity index (χ0n) is 11.0. The number of benzene rings is 1. The number of nitriles is 1. The third-order valence-electron chi connectivity index (χ3n) is 3.69. The van der Waals surface area contributed by atoms with Gasteiger partial charge in [0, 0.05) is 37.4 Å². The van der Waals surface area contributed by atoms with Crippen LogP contribution in [0.15, 0.2) is 24.3 Å². The van der Waals surface area contributed by atoms with E-state index in [0.717, 1.165) is 18.8 Å². The Kier molecular flexibility index (Phi) is 3.85. The Morgan fingerprint density at radius 2 is 2.22 bits per heavy atom. The lowest BCUT2D eigenvalue weighted by molar-refractivity contribution is 0.197. The number of nitrogens with zero attached hydrogens (tertiary/aromatic N) is 3. The van der Waals surface area contributed by atoms with Crippen LogP contribution in [0.1, 0.15) is 12.5 Å². The van der Waals surface area contributed by atoms with E-state index in [0.29, 0.717) is 24.2 Å². The van der Waals surface area contributed by atoms with E-state index in [1.807, 2.05) is 18.2 Å². The summed E-state index contributed by atoms with van der Waals surface area (Å²) in [6, 6.07) is 10.8. The number of hydrogen-bond donors (Lipinski definition) is 1. The maximum absolute atomic E-state index is 8.97. The number of hydrogen-bond acceptors (Lipinski definition) is 4. The maximum atomic E-state index is 8.97. The molecule has 1 aromatic rings. The summed E-state index contributed by atoms with van der Waals surface area (Å²) in [6.45, 7) is 4.79. The van der Waals surface area contributed by atoms with Crippen molar-refractivity contribution in [2.75, 3.05) is 31.6 Å². The van der Waals surface area contributed by atoms with Crippen molar-refractivity contribution in [2.24, 2.45) is 5.73 Å². The third-order valence-corrected chi connectivity index (χ3v) is 3.69. The molecule has 4 nitrogen and oxygen atoms in total. The molecule has 0 bridgehead atoms. The molecule has 2 N–H and O–H groups in total. The van der Waals surface area contributed by atoms with Gasteiger partial charge in [-0.25, -0.2) is 0 Å². The molecule has 2 unspecified atom stereocenters. The molecule has 1 aliphatic rings. The lowest BCUT2D eigenvalue weighted by Gasteiger charge is -2.44. The van der Waals surface area contributed by atoms with Crippen LogP contribution in [0.25, 0.3) is 0 Å². The van der Waals surface area contributed by atoms with Gasteiger partial charge in [0.05, 0.1) is 11.6 Å². The van der Waals surface area contributed by atoms with Gasteiger partial charge in [0.1, 0.15) is 0 Å². The summed E-state index contributed by atoms with van der Waals surface area (Å²) < 4.78 is 0. The first-order valence-electron chi connectivity index (χ1n) is 6.32. The number of rotatable bonds is 2. The van der Waals surface area contributed by atoms with E-state index < -0.39 is 0 Å². The first-order valence-corrected chi connectivity index (χ1v) is 6.32. The summed E-state index contributed by atoms with van der Waals surface area (Å²) >= 11 is 0. The summed E-state index contributed by atoms with van der Waals surface area (Å²) in [5.41, 5.74) is 7.64. The van der Waals surface area contributed by atoms with E-state index in [9.17, 15) is 0 Å². The maximum Gasteiger partial charge on any atom is 0.0992 e. The van der Waals surface area contributed by atoms with Gasteiger partial charge in [0.15, 0.2) is 0 Å². The Morgan fingerprint density at radius 3 is 2.89 bits per heavy atom. The SMILES string of the molecule is CC1CN(C)C(CN)CN1c1cccc(C#N)c1. The van der Waals surface area contributed by atoms with E-state index in [1.165, 1.54) is 0 Å². The second-order valence-corrected chi connectivity index (χ2v) is 4.99. The summed E-state index contributed by atoms with van der Waals surface area (Å²) in [5, 5.41) is 8.97. The monoisotopic (exact) mass is 244 g/mol. The average molecular weight is 244 g/mol. The molecule has 1 aliphatic heterocycles. The van der Waals surface area contributed by atoms with Crippen molar-refractivity contribution in [1.82, 2.24) is 4.90 Å². The topological polar surface area (TPSA) is 56.3 Å². The van der Waals surface area contributed by atoms with E-state index in [2.05, 4.69) is 35.9 Å². The van der Waals surface area contributed by atoms with Gasteiger partial charge in [-0.15, -0.1) is 0 Å². The second kappa shape index (κ2) is 5.38. The van der Waals surface area contributed by atoms with Crippen LogP contribution in [-0.4, -0.2) is 43.7 Å². The Balaban J connectivity index is 2.23. The second-order valence-electron chi connectivity index (χ2n) is 4.99. The molecule has 0 amide bonds. The molecular weight excluding hydrogens is 224 g/mol. The molecule has 0 radical (unpaired) electrons. The quantitative estimate of drug-likeness (QED) is 0.844. The van der Waals surface area contributed by atoms with Crippen LogP contribution in [-0.2, 0) is 0 Å². The molecule has 0 aromatic heterocycles. The van der Waals surface area contributed by atoms with Crippen molar-refractivity contribution in [1.29, 1.82) is 5.26 Å². The van der Waals surface area contributed by atoms with Crippen LogP contribution < -0.4 is 10.6 Å². The van der Waals surface area contributed by atoms with E-state index in [1.54, 1.807) is 0 Å². The minimum atomic E-state index is 0.381. The molecule has 96 valence electrons. The Labute approximate surface area is 109 Å². The fourth-order valence-electron chi connectivity index (χ4n) is 2.58. The third kappa shape index (κ3) is 2.47. The van der Waals surface area contributed by atoms with Crippen molar-refractivity contribution in [3.8, 4) is 6.07 Å². The van der Waals surface area contributed by atoms with Crippen LogP contribution in [0.2, 0.25) is 0 Å². The van der Waals surface area contributed by atoms with Gasteiger partial charge in [-0.2, -0.15) is 5.26 Å². The van der Waals surface area contributed by atoms with Crippen LogP contribution in [0.4, 0.5) is 5.69 Å². The molecule has 4 heteroatoms. The highest BCUT2D eigenvalue weighted by molar-refractivity contribution is 5.52. The lowest BCUT2D eigenvalue weighted by Crippen LogP contribution is -2.58. The Bertz CT molecular complexity index is 451. The van der Waals surface area contributed by atoms with Gasteiger partial charge in [-0.1, -0.05) is 6.07 Å². The molecule has 0 saturated carbocycles. The first kappa shape index (κ1) is 12.9. The number of nitrogens with two attached hydrogens (primary N) is 1. The van der Waals surface area contributed by atoms with Crippen molar-refractivity contribution >= 4 is 5.69 Å². The van der Waals surface area contributed by atoms with Crippen molar-refractivity contribution < 1.29 is 0 Å². The van der Waals surface area contributed by atoms with Gasteiger partial charge >= 0.3 is 0 Å². The minimum absolute atomic E-state index is 0.381. The highest BCUT2D eigenvalue weighted by Gasteiger charge is 2.28. The predicted octanol–water partition coefficient (Wildman–Crippen LogP) is 1.03. The predicted molar refractivity (Wildman–Crippen MR) is 73.4 cm³/mol. The lowest BCUT2D eigenvalue weighted by atomic mass is 10.1. The van der Waals surface area contributed by atoms with E-state index in [-0.39, 0.29) is 0 Å². The molecule has 0 aliphatic carbocycles. The highest BCUT2D eigenvalue weighted by atomic mass is 15.3. The van der Waals surface area contributed by atoms with Gasteiger partial charge in [0.25, 0.3) is 0 Å². The van der Waals surface area contributed by atoms with Crippen molar-refractivity contribution in [2.45, 2.75) is 19.0 Å². The first-order chi connectivity index (χ1) is 8.65. The standard InChI is InChI=1S/C14H20N4/c1-11-9-17(2)14(8-16)10-18(11)13-5-3-4-12(6-13)7-15/h3-6,11,14H,8-10,16H2,1-2H3. The summed E-state index contributed by atoms with van der Waals surface area (Å²) in [5.74, 6) is 0. The minimum Gasteiger partial charge on any atom is -0.366 e. The molecule has 0 spiro atoms. The molecule has 1 heterocycles. The molecule has 18 heavy (non-hydrogen) atoms. The average Bonchev–Trinajstić information content (AvgIpc) is 2.39. The molecular formula is C14H20N4. The van der Waals surface area contributed by atoms with Crippen molar-refractivity contribution in [3.63, 3.8) is 0 Å². The molecule has 1 aromatic carbocycles. The fourth-order valence-corrected chi connectivity index (χ4v) is 2.58. The van der Waals surface area contributed by atoms with Crippen LogP contribution in [0, 0.1) is 11.3 Å². The molecule has 2 rings (SSSR count).